The molecule has 0 saturated carbocycles. The van der Waals surface area contributed by atoms with Crippen molar-refractivity contribution in [2.45, 2.75) is 25.9 Å². The molecule has 1 aliphatic rings. The first-order valence-electron chi connectivity index (χ1n) is 6.25. The van der Waals surface area contributed by atoms with E-state index in [4.69, 9.17) is 4.74 Å². The Morgan fingerprint density at radius 2 is 2.33 bits per heavy atom. The van der Waals surface area contributed by atoms with Crippen molar-refractivity contribution in [1.29, 1.82) is 0 Å². The van der Waals surface area contributed by atoms with Crippen molar-refractivity contribution in [3.63, 3.8) is 0 Å². The van der Waals surface area contributed by atoms with Gasteiger partial charge in [0.25, 0.3) is 5.91 Å². The van der Waals surface area contributed by atoms with E-state index >= 15 is 0 Å². The van der Waals surface area contributed by atoms with Crippen LogP contribution in [0.5, 0.6) is 5.75 Å². The molecule has 2 rings (SSSR count). The zero-order valence-corrected chi connectivity index (χ0v) is 10.8. The second-order valence-corrected chi connectivity index (χ2v) is 4.77. The summed E-state index contributed by atoms with van der Waals surface area (Å²) in [6, 6.07) is 5.02. The molecule has 18 heavy (non-hydrogen) atoms. The normalized spacial score (nSPS) is 18.9. The summed E-state index contributed by atoms with van der Waals surface area (Å²) >= 11 is 0. The highest BCUT2D eigenvalue weighted by molar-refractivity contribution is 5.96. The third-order valence-electron chi connectivity index (χ3n) is 3.38. The quantitative estimate of drug-likeness (QED) is 0.890. The predicted octanol–water partition coefficient (Wildman–Crippen LogP) is 1.95. The van der Waals surface area contributed by atoms with Gasteiger partial charge in [0.2, 0.25) is 0 Å². The number of carbonyl (C=O) groups excluding carboxylic acids is 1. The fourth-order valence-corrected chi connectivity index (χ4v) is 2.24. The number of carbonyl (C=O) groups is 1. The van der Waals surface area contributed by atoms with Crippen LogP contribution in [0.3, 0.4) is 0 Å². The van der Waals surface area contributed by atoms with E-state index in [1.54, 1.807) is 37.1 Å². The molecule has 0 radical (unpaired) electrons. The van der Waals surface area contributed by atoms with Gasteiger partial charge < -0.3 is 14.7 Å². The van der Waals surface area contributed by atoms with Crippen LogP contribution in [0.15, 0.2) is 18.2 Å². The minimum atomic E-state index is -0.0705. The van der Waals surface area contributed by atoms with Gasteiger partial charge in [-0.15, -0.1) is 0 Å². The smallest absolute Gasteiger partial charge is 0.254 e. The minimum Gasteiger partial charge on any atom is -0.508 e. The minimum absolute atomic E-state index is 0.0705. The van der Waals surface area contributed by atoms with Gasteiger partial charge in [0.15, 0.2) is 0 Å². The molecule has 1 atom stereocenters. The van der Waals surface area contributed by atoms with Crippen LogP contribution < -0.4 is 0 Å². The number of phenols is 1. The Morgan fingerprint density at radius 3 is 3.00 bits per heavy atom. The van der Waals surface area contributed by atoms with Gasteiger partial charge in [-0.25, -0.2) is 0 Å². The summed E-state index contributed by atoms with van der Waals surface area (Å²) in [5.41, 5.74) is 1.18. The Bertz CT molecular complexity index is 439. The first-order valence-corrected chi connectivity index (χ1v) is 6.25. The van der Waals surface area contributed by atoms with E-state index < -0.39 is 0 Å². The number of benzene rings is 1. The summed E-state index contributed by atoms with van der Waals surface area (Å²) in [5, 5.41) is 9.62. The number of amides is 1. The summed E-state index contributed by atoms with van der Waals surface area (Å²) in [6.07, 6.45) is 2.23. The Kier molecular flexibility index (Phi) is 3.87. The molecule has 0 aromatic heterocycles. The van der Waals surface area contributed by atoms with E-state index in [0.717, 1.165) is 19.4 Å². The number of hydrogen-bond acceptors (Lipinski definition) is 3. The number of likely N-dealkylation sites (N-methyl/N-ethyl adjacent to an activating group) is 1. The van der Waals surface area contributed by atoms with Crippen molar-refractivity contribution in [2.24, 2.45) is 0 Å². The molecule has 1 saturated heterocycles. The van der Waals surface area contributed by atoms with Crippen molar-refractivity contribution in [3.05, 3.63) is 29.3 Å². The molecule has 4 nitrogen and oxygen atoms in total. The highest BCUT2D eigenvalue weighted by Crippen LogP contribution is 2.21. The number of ether oxygens (including phenoxy) is 1. The maximum atomic E-state index is 12.3. The Labute approximate surface area is 107 Å². The molecular formula is C14H19NO3. The molecule has 0 aliphatic carbocycles. The van der Waals surface area contributed by atoms with E-state index in [-0.39, 0.29) is 17.8 Å². The van der Waals surface area contributed by atoms with Gasteiger partial charge in [-0.3, -0.25) is 4.79 Å². The van der Waals surface area contributed by atoms with Crippen molar-refractivity contribution in [3.8, 4) is 5.75 Å². The number of phenolic OH excluding ortho intramolecular Hbond substituents is 1. The van der Waals surface area contributed by atoms with E-state index in [2.05, 4.69) is 0 Å². The molecule has 4 heteroatoms. The topological polar surface area (TPSA) is 49.8 Å². The van der Waals surface area contributed by atoms with Crippen LogP contribution >= 0.6 is 0 Å². The number of nitrogens with zero attached hydrogens (tertiary/aromatic N) is 1. The lowest BCUT2D eigenvalue weighted by Crippen LogP contribution is -2.34. The average molecular weight is 249 g/mol. The third-order valence-corrected chi connectivity index (χ3v) is 3.38. The zero-order chi connectivity index (χ0) is 13.1. The number of rotatable bonds is 3. The summed E-state index contributed by atoms with van der Waals surface area (Å²) in [5.74, 6) is 0.0882. The van der Waals surface area contributed by atoms with Crippen LogP contribution in [0.4, 0.5) is 0 Å². The van der Waals surface area contributed by atoms with Gasteiger partial charge in [-0.2, -0.15) is 0 Å². The van der Waals surface area contributed by atoms with Gasteiger partial charge in [0.1, 0.15) is 5.75 Å². The maximum absolute atomic E-state index is 12.3. The lowest BCUT2D eigenvalue weighted by Gasteiger charge is -2.21. The molecule has 0 spiro atoms. The Hall–Kier alpha value is -1.55. The Balaban J connectivity index is 2.07. The standard InChI is InChI=1S/C14H19NO3/c1-10-12(6-3-7-13(10)16)14(17)15(2)9-11-5-4-8-18-11/h3,6-7,11,16H,4-5,8-9H2,1-2H3. The molecule has 1 unspecified atom stereocenters. The summed E-state index contributed by atoms with van der Waals surface area (Å²) in [7, 11) is 1.77. The van der Waals surface area contributed by atoms with Crippen LogP contribution in [-0.4, -0.2) is 42.2 Å². The van der Waals surface area contributed by atoms with E-state index in [1.165, 1.54) is 0 Å². The summed E-state index contributed by atoms with van der Waals surface area (Å²) < 4.78 is 5.52. The van der Waals surface area contributed by atoms with Crippen LogP contribution in [0.1, 0.15) is 28.8 Å². The van der Waals surface area contributed by atoms with Gasteiger partial charge in [-0.1, -0.05) is 6.07 Å². The largest absolute Gasteiger partial charge is 0.508 e. The second-order valence-electron chi connectivity index (χ2n) is 4.77. The molecule has 1 N–H and O–H groups in total. The predicted molar refractivity (Wildman–Crippen MR) is 68.8 cm³/mol. The van der Waals surface area contributed by atoms with Crippen LogP contribution in [0.2, 0.25) is 0 Å². The fraction of sp³-hybridized carbons (Fsp3) is 0.500. The van der Waals surface area contributed by atoms with E-state index in [9.17, 15) is 9.90 Å². The number of hydrogen-bond donors (Lipinski definition) is 1. The van der Waals surface area contributed by atoms with Crippen LogP contribution in [0, 0.1) is 6.92 Å². The second kappa shape index (κ2) is 5.40. The molecule has 1 fully saturated rings. The molecule has 1 aromatic rings. The van der Waals surface area contributed by atoms with Crippen molar-refractivity contribution >= 4 is 5.91 Å². The van der Waals surface area contributed by atoms with Crippen molar-refractivity contribution < 1.29 is 14.6 Å². The molecule has 1 aromatic carbocycles. The van der Waals surface area contributed by atoms with Gasteiger partial charge in [-0.05, 0) is 31.9 Å². The van der Waals surface area contributed by atoms with Crippen LogP contribution in [0.25, 0.3) is 0 Å². The summed E-state index contributed by atoms with van der Waals surface area (Å²) in [6.45, 7) is 3.15. The summed E-state index contributed by atoms with van der Waals surface area (Å²) in [4.78, 5) is 13.9. The highest BCUT2D eigenvalue weighted by Gasteiger charge is 2.22. The van der Waals surface area contributed by atoms with Crippen LogP contribution in [-0.2, 0) is 4.74 Å². The van der Waals surface area contributed by atoms with Gasteiger partial charge >= 0.3 is 0 Å². The molecule has 1 aliphatic heterocycles. The molecule has 1 amide bonds. The molecular weight excluding hydrogens is 230 g/mol. The average Bonchev–Trinajstić information content (AvgIpc) is 2.84. The highest BCUT2D eigenvalue weighted by atomic mass is 16.5. The van der Waals surface area contributed by atoms with E-state index in [1.807, 2.05) is 0 Å². The molecule has 98 valence electrons. The first kappa shape index (κ1) is 12.9. The van der Waals surface area contributed by atoms with Gasteiger partial charge in [0.05, 0.1) is 6.10 Å². The lowest BCUT2D eigenvalue weighted by atomic mass is 10.1. The number of aromatic hydroxyl groups is 1. The Morgan fingerprint density at radius 1 is 1.56 bits per heavy atom. The van der Waals surface area contributed by atoms with Gasteiger partial charge in [0, 0.05) is 31.3 Å². The molecule has 1 heterocycles. The fourth-order valence-electron chi connectivity index (χ4n) is 2.24. The van der Waals surface area contributed by atoms with Crippen molar-refractivity contribution in [2.75, 3.05) is 20.2 Å². The SMILES string of the molecule is Cc1c(O)cccc1C(=O)N(C)CC1CCCO1. The van der Waals surface area contributed by atoms with Crippen molar-refractivity contribution in [1.82, 2.24) is 4.90 Å². The maximum Gasteiger partial charge on any atom is 0.254 e. The van der Waals surface area contributed by atoms with E-state index in [0.29, 0.717) is 17.7 Å². The third kappa shape index (κ3) is 2.64. The first-order chi connectivity index (χ1) is 8.59. The molecule has 0 bridgehead atoms. The monoisotopic (exact) mass is 249 g/mol. The zero-order valence-electron chi connectivity index (χ0n) is 10.8. The lowest BCUT2D eigenvalue weighted by molar-refractivity contribution is 0.0586.